The second-order valence-electron chi connectivity index (χ2n) is 8.81. The lowest BCUT2D eigenvalue weighted by atomic mass is 9.73. The minimum Gasteiger partial charge on any atom is -0.374 e. The second kappa shape index (κ2) is 10.5. The molecule has 2 heterocycles. The van der Waals surface area contributed by atoms with Gasteiger partial charge in [-0.3, -0.25) is 9.89 Å². The van der Waals surface area contributed by atoms with E-state index in [2.05, 4.69) is 34.0 Å². The Hall–Kier alpha value is -0.0800. The maximum absolute atomic E-state index is 5.98. The van der Waals surface area contributed by atoms with Crippen LogP contribution in [0.2, 0.25) is 0 Å². The summed E-state index contributed by atoms with van der Waals surface area (Å²) >= 11 is 0. The summed E-state index contributed by atoms with van der Waals surface area (Å²) in [6, 6.07) is 0. The molecule has 1 N–H and O–H groups in total. The van der Waals surface area contributed by atoms with E-state index in [-0.39, 0.29) is 30.1 Å². The lowest BCUT2D eigenvalue weighted by Crippen LogP contribution is -2.50. The average Bonchev–Trinajstić information content (AvgIpc) is 2.99. The van der Waals surface area contributed by atoms with E-state index in [4.69, 9.17) is 4.74 Å². The van der Waals surface area contributed by atoms with Crippen molar-refractivity contribution in [1.29, 1.82) is 0 Å². The summed E-state index contributed by atoms with van der Waals surface area (Å²) in [6.07, 6.45) is 8.71. The molecule has 2 saturated heterocycles. The third-order valence-corrected chi connectivity index (χ3v) is 6.20. The molecule has 1 saturated carbocycles. The van der Waals surface area contributed by atoms with Crippen LogP contribution in [0.4, 0.5) is 0 Å². The van der Waals surface area contributed by atoms with Gasteiger partial charge < -0.3 is 15.0 Å². The molecule has 3 fully saturated rings. The Kier molecular flexibility index (Phi) is 8.94. The number of aliphatic imine (C=N–C) groups is 1. The van der Waals surface area contributed by atoms with Crippen LogP contribution in [0.25, 0.3) is 0 Å². The average molecular weight is 478 g/mol. The first-order valence-corrected chi connectivity index (χ1v) is 10.4. The third-order valence-electron chi connectivity index (χ3n) is 6.20. The maximum atomic E-state index is 5.98. The number of rotatable bonds is 4. The standard InChI is InChI=1S/C20H38N4O.HI/c1-17(2)14-23-11-12-25-18(15-23)13-22-19(21-3)24-10-9-20(16-24)7-5-4-6-8-20;/h17-18H,4-16H2,1-3H3,(H,21,22);1H. The van der Waals surface area contributed by atoms with Crippen LogP contribution in [-0.2, 0) is 4.74 Å². The Morgan fingerprint density at radius 2 is 1.96 bits per heavy atom. The number of guanidine groups is 1. The predicted molar refractivity (Wildman–Crippen MR) is 120 cm³/mol. The van der Waals surface area contributed by atoms with E-state index in [1.807, 2.05) is 7.05 Å². The van der Waals surface area contributed by atoms with Gasteiger partial charge >= 0.3 is 0 Å². The van der Waals surface area contributed by atoms with Crippen molar-refractivity contribution in [1.82, 2.24) is 15.1 Å². The van der Waals surface area contributed by atoms with Crippen molar-refractivity contribution in [3.8, 4) is 0 Å². The zero-order valence-electron chi connectivity index (χ0n) is 17.0. The third kappa shape index (κ3) is 5.96. The highest BCUT2D eigenvalue weighted by Crippen LogP contribution is 2.43. The molecule has 0 aromatic carbocycles. The predicted octanol–water partition coefficient (Wildman–Crippen LogP) is 3.19. The number of ether oxygens (including phenoxy) is 1. The lowest BCUT2D eigenvalue weighted by molar-refractivity contribution is -0.0286. The Bertz CT molecular complexity index is 451. The van der Waals surface area contributed by atoms with Crippen molar-refractivity contribution >= 4 is 29.9 Å². The molecule has 3 rings (SSSR count). The smallest absolute Gasteiger partial charge is 0.193 e. The number of likely N-dealkylation sites (tertiary alicyclic amines) is 1. The highest BCUT2D eigenvalue weighted by molar-refractivity contribution is 14.0. The van der Waals surface area contributed by atoms with Crippen LogP contribution in [0.15, 0.2) is 4.99 Å². The van der Waals surface area contributed by atoms with Crippen molar-refractivity contribution in [2.45, 2.75) is 58.5 Å². The molecule has 26 heavy (non-hydrogen) atoms. The van der Waals surface area contributed by atoms with Crippen LogP contribution >= 0.6 is 24.0 Å². The summed E-state index contributed by atoms with van der Waals surface area (Å²) in [5, 5.41) is 3.60. The van der Waals surface area contributed by atoms with Gasteiger partial charge in [0.2, 0.25) is 0 Å². The lowest BCUT2D eigenvalue weighted by Gasteiger charge is -2.35. The molecular weight excluding hydrogens is 439 g/mol. The van der Waals surface area contributed by atoms with Crippen LogP contribution in [-0.4, -0.2) is 74.8 Å². The highest BCUT2D eigenvalue weighted by Gasteiger charge is 2.39. The fourth-order valence-corrected chi connectivity index (χ4v) is 4.95. The first-order chi connectivity index (χ1) is 12.1. The summed E-state index contributed by atoms with van der Waals surface area (Å²) < 4.78 is 5.98. The van der Waals surface area contributed by atoms with E-state index in [1.54, 1.807) is 0 Å². The van der Waals surface area contributed by atoms with Gasteiger partial charge in [0, 0.05) is 46.3 Å². The van der Waals surface area contributed by atoms with Crippen LogP contribution in [0, 0.1) is 11.3 Å². The molecule has 0 aromatic heterocycles. The van der Waals surface area contributed by atoms with Gasteiger partial charge in [0.1, 0.15) is 0 Å². The summed E-state index contributed by atoms with van der Waals surface area (Å²) in [5.74, 6) is 1.79. The molecule has 0 bridgehead atoms. The zero-order valence-corrected chi connectivity index (χ0v) is 19.3. The summed E-state index contributed by atoms with van der Waals surface area (Å²) in [5.41, 5.74) is 0.575. The van der Waals surface area contributed by atoms with Crippen LogP contribution in [0.5, 0.6) is 0 Å². The fourth-order valence-electron chi connectivity index (χ4n) is 4.95. The number of nitrogens with one attached hydrogen (secondary N) is 1. The molecule has 1 aliphatic carbocycles. The Morgan fingerprint density at radius 3 is 2.65 bits per heavy atom. The van der Waals surface area contributed by atoms with Crippen molar-refractivity contribution < 1.29 is 4.74 Å². The molecule has 1 unspecified atom stereocenters. The van der Waals surface area contributed by atoms with Gasteiger partial charge in [-0.2, -0.15) is 0 Å². The Labute approximate surface area is 177 Å². The monoisotopic (exact) mass is 478 g/mol. The molecule has 152 valence electrons. The van der Waals surface area contributed by atoms with Gasteiger partial charge in [0.15, 0.2) is 5.96 Å². The number of nitrogens with zero attached hydrogens (tertiary/aromatic N) is 3. The Morgan fingerprint density at radius 1 is 1.19 bits per heavy atom. The maximum Gasteiger partial charge on any atom is 0.193 e. The number of morpholine rings is 1. The van der Waals surface area contributed by atoms with Gasteiger partial charge in [0.25, 0.3) is 0 Å². The number of hydrogen-bond acceptors (Lipinski definition) is 3. The SMILES string of the molecule is CN=C(NCC1CN(CC(C)C)CCO1)N1CCC2(CCCCC2)C1.I. The molecule has 0 aromatic rings. The van der Waals surface area contributed by atoms with Crippen LogP contribution in [0.3, 0.4) is 0 Å². The largest absolute Gasteiger partial charge is 0.374 e. The van der Waals surface area contributed by atoms with Crippen LogP contribution in [0.1, 0.15) is 52.4 Å². The van der Waals surface area contributed by atoms with E-state index in [0.29, 0.717) is 5.41 Å². The van der Waals surface area contributed by atoms with E-state index < -0.39 is 0 Å². The molecular formula is C20H39IN4O. The number of halogens is 1. The van der Waals surface area contributed by atoms with Crippen molar-refractivity contribution in [2.75, 3.05) is 52.9 Å². The molecule has 1 atom stereocenters. The zero-order chi connectivity index (χ0) is 17.7. The minimum absolute atomic E-state index is 0. The van der Waals surface area contributed by atoms with E-state index in [1.165, 1.54) is 51.6 Å². The summed E-state index contributed by atoms with van der Waals surface area (Å²) in [4.78, 5) is 9.59. The van der Waals surface area contributed by atoms with Crippen molar-refractivity contribution in [2.24, 2.45) is 16.3 Å². The molecule has 0 amide bonds. The van der Waals surface area contributed by atoms with E-state index in [0.717, 1.165) is 44.7 Å². The summed E-state index contributed by atoms with van der Waals surface area (Å²) in [6.45, 7) is 11.9. The van der Waals surface area contributed by atoms with Crippen molar-refractivity contribution in [3.05, 3.63) is 0 Å². The normalized spacial score (nSPS) is 27.0. The van der Waals surface area contributed by atoms with Crippen LogP contribution < -0.4 is 5.32 Å². The second-order valence-corrected chi connectivity index (χ2v) is 8.81. The minimum atomic E-state index is 0. The first-order valence-electron chi connectivity index (χ1n) is 10.4. The van der Waals surface area contributed by atoms with Gasteiger partial charge in [0.05, 0.1) is 12.7 Å². The van der Waals surface area contributed by atoms with Gasteiger partial charge in [-0.15, -0.1) is 24.0 Å². The quantitative estimate of drug-likeness (QED) is 0.383. The Balaban J connectivity index is 0.00000243. The van der Waals surface area contributed by atoms with Gasteiger partial charge in [-0.25, -0.2) is 0 Å². The summed E-state index contributed by atoms with van der Waals surface area (Å²) in [7, 11) is 1.92. The molecule has 5 nitrogen and oxygen atoms in total. The van der Waals surface area contributed by atoms with Gasteiger partial charge in [-0.1, -0.05) is 33.1 Å². The molecule has 1 spiro atoms. The van der Waals surface area contributed by atoms with E-state index >= 15 is 0 Å². The highest BCUT2D eigenvalue weighted by atomic mass is 127. The van der Waals surface area contributed by atoms with Crippen molar-refractivity contribution in [3.63, 3.8) is 0 Å². The number of hydrogen-bond donors (Lipinski definition) is 1. The topological polar surface area (TPSA) is 40.1 Å². The first kappa shape index (κ1) is 22.2. The molecule has 6 heteroatoms. The van der Waals surface area contributed by atoms with Gasteiger partial charge in [-0.05, 0) is 30.6 Å². The molecule has 3 aliphatic rings. The molecule has 0 radical (unpaired) electrons. The van der Waals surface area contributed by atoms with E-state index in [9.17, 15) is 0 Å². The fraction of sp³-hybridized carbons (Fsp3) is 0.950. The molecule has 2 aliphatic heterocycles.